The van der Waals surface area contributed by atoms with Crippen molar-refractivity contribution in [3.05, 3.63) is 18.2 Å². The van der Waals surface area contributed by atoms with Gasteiger partial charge in [-0.2, -0.15) is 5.26 Å². The molecule has 0 aliphatic carbocycles. The number of nitrogens with zero attached hydrogens (tertiary/aromatic N) is 2. The van der Waals surface area contributed by atoms with Gasteiger partial charge < -0.3 is 10.1 Å². The Balaban J connectivity index is 3.03. The van der Waals surface area contributed by atoms with E-state index in [2.05, 4.69) is 15.6 Å². The molecule has 0 bridgehead atoms. The highest BCUT2D eigenvalue weighted by Gasteiger charge is 2.11. The molecule has 1 rings (SSSR count). The van der Waals surface area contributed by atoms with Crippen molar-refractivity contribution < 1.29 is 9.53 Å². The summed E-state index contributed by atoms with van der Waals surface area (Å²) in [7, 11) is 1.52. The second-order valence-corrected chi connectivity index (χ2v) is 5.18. The number of amidine groups is 1. The van der Waals surface area contributed by atoms with E-state index in [1.165, 1.54) is 18.9 Å². The minimum absolute atomic E-state index is 0.0829. The number of amides is 1. The summed E-state index contributed by atoms with van der Waals surface area (Å²) < 4.78 is 5.27. The first-order valence-corrected chi connectivity index (χ1v) is 7.51. The van der Waals surface area contributed by atoms with Crippen molar-refractivity contribution in [3.8, 4) is 11.9 Å². The van der Waals surface area contributed by atoms with Crippen LogP contribution in [0.15, 0.2) is 23.2 Å². The molecule has 0 aromatic heterocycles. The van der Waals surface area contributed by atoms with Crippen LogP contribution in [0.1, 0.15) is 13.8 Å². The topological polar surface area (TPSA) is 86.5 Å². The van der Waals surface area contributed by atoms with E-state index in [4.69, 9.17) is 10.00 Å². The Bertz CT molecular complexity index is 579. The minimum Gasteiger partial charge on any atom is -0.494 e. The first kappa shape index (κ1) is 16.9. The molecule has 6 nitrogen and oxygen atoms in total. The third-order valence-corrected chi connectivity index (χ3v) is 3.13. The summed E-state index contributed by atoms with van der Waals surface area (Å²) >= 11 is 1.33. The third-order valence-electron chi connectivity index (χ3n) is 2.55. The fourth-order valence-corrected chi connectivity index (χ4v) is 1.76. The van der Waals surface area contributed by atoms with Gasteiger partial charge in [0, 0.05) is 12.0 Å². The molecule has 0 heterocycles. The van der Waals surface area contributed by atoms with Crippen molar-refractivity contribution in [1.82, 2.24) is 5.32 Å². The van der Waals surface area contributed by atoms with E-state index in [9.17, 15) is 4.79 Å². The Kier molecular flexibility index (Phi) is 6.56. The van der Waals surface area contributed by atoms with Crippen LogP contribution in [-0.2, 0) is 4.79 Å². The average Bonchev–Trinajstić information content (AvgIpc) is 2.47. The van der Waals surface area contributed by atoms with E-state index in [0.29, 0.717) is 22.3 Å². The van der Waals surface area contributed by atoms with Crippen molar-refractivity contribution in [2.75, 3.05) is 18.7 Å². The molecule has 0 saturated carbocycles. The lowest BCUT2D eigenvalue weighted by molar-refractivity contribution is -0.118. The molecule has 7 heteroatoms. The number of carbonyl (C=O) groups excluding carboxylic acids is 1. The number of hydrogen-bond acceptors (Lipinski definition) is 5. The summed E-state index contributed by atoms with van der Waals surface area (Å²) in [6, 6.07) is 5.17. The van der Waals surface area contributed by atoms with Gasteiger partial charge in [-0.15, -0.1) is 0 Å². The second kappa shape index (κ2) is 8.17. The number of ether oxygens (including phenoxy) is 1. The highest BCUT2D eigenvalue weighted by Crippen LogP contribution is 2.30. The summed E-state index contributed by atoms with van der Waals surface area (Å²) in [4.78, 5) is 16.0. The van der Waals surface area contributed by atoms with Crippen molar-refractivity contribution in [2.45, 2.75) is 13.8 Å². The Morgan fingerprint density at radius 2 is 2.19 bits per heavy atom. The van der Waals surface area contributed by atoms with Gasteiger partial charge >= 0.3 is 0 Å². The molecule has 0 radical (unpaired) electrons. The summed E-state index contributed by atoms with van der Waals surface area (Å²) in [5, 5.41) is 14.4. The number of nitrogens with one attached hydrogen (secondary N) is 2. The number of nitriles is 1. The predicted molar refractivity (Wildman–Crippen MR) is 85.8 cm³/mol. The molecule has 1 aromatic carbocycles. The molecule has 2 N–H and O–H groups in total. The lowest BCUT2D eigenvalue weighted by Crippen LogP contribution is -2.18. The summed E-state index contributed by atoms with van der Waals surface area (Å²) in [6.07, 6.45) is 3.64. The molecule has 0 spiro atoms. The molecule has 0 aliphatic rings. The van der Waals surface area contributed by atoms with Gasteiger partial charge in [0.05, 0.1) is 18.5 Å². The monoisotopic (exact) mass is 306 g/mol. The van der Waals surface area contributed by atoms with E-state index in [1.807, 2.05) is 26.3 Å². The van der Waals surface area contributed by atoms with Gasteiger partial charge in [-0.3, -0.25) is 10.1 Å². The summed E-state index contributed by atoms with van der Waals surface area (Å²) in [6.45, 7) is 3.64. The number of anilines is 1. The van der Waals surface area contributed by atoms with Gasteiger partial charge in [-0.1, -0.05) is 25.6 Å². The number of benzene rings is 1. The Morgan fingerprint density at radius 1 is 1.48 bits per heavy atom. The quantitative estimate of drug-likeness (QED) is 0.386. The molecule has 0 atom stereocenters. The standard InChI is InChI=1S/C14H18N4O2S/c1-9(2)13(19)18-11-6-5-10(7-12(11)20-3)17-14(21-4)16-8-15/h5-7,9H,1-4H3,(H,16,17)(H,18,19). The van der Waals surface area contributed by atoms with E-state index in [-0.39, 0.29) is 11.8 Å². The molecule has 0 unspecified atom stereocenters. The first-order valence-electron chi connectivity index (χ1n) is 6.28. The lowest BCUT2D eigenvalue weighted by atomic mass is 10.2. The van der Waals surface area contributed by atoms with E-state index in [1.54, 1.807) is 18.2 Å². The van der Waals surface area contributed by atoms with Crippen molar-refractivity contribution >= 4 is 34.2 Å². The SMILES string of the molecule is COc1cc(N=C(NC#N)SC)ccc1NC(=O)C(C)C. The molecule has 21 heavy (non-hydrogen) atoms. The van der Waals surface area contributed by atoms with Crippen LogP contribution in [0.3, 0.4) is 0 Å². The minimum atomic E-state index is -0.115. The smallest absolute Gasteiger partial charge is 0.227 e. The van der Waals surface area contributed by atoms with Gasteiger partial charge in [0.2, 0.25) is 5.91 Å². The predicted octanol–water partition coefficient (Wildman–Crippen LogP) is 2.71. The summed E-state index contributed by atoms with van der Waals surface area (Å²) in [5.74, 6) is 0.318. The maximum Gasteiger partial charge on any atom is 0.227 e. The highest BCUT2D eigenvalue weighted by molar-refractivity contribution is 8.13. The van der Waals surface area contributed by atoms with E-state index in [0.717, 1.165) is 0 Å². The van der Waals surface area contributed by atoms with Crippen LogP contribution >= 0.6 is 11.8 Å². The normalized spacial score (nSPS) is 11.0. The molecule has 0 aliphatic heterocycles. The van der Waals surface area contributed by atoms with Crippen LogP contribution in [0.4, 0.5) is 11.4 Å². The Hall–Kier alpha value is -2.20. The maximum absolute atomic E-state index is 11.7. The van der Waals surface area contributed by atoms with Crippen LogP contribution in [-0.4, -0.2) is 24.4 Å². The van der Waals surface area contributed by atoms with Gasteiger partial charge in [-0.05, 0) is 18.4 Å². The number of rotatable bonds is 4. The van der Waals surface area contributed by atoms with Gasteiger partial charge in [0.15, 0.2) is 11.4 Å². The number of aliphatic imine (C=N–C) groups is 1. The average molecular weight is 306 g/mol. The van der Waals surface area contributed by atoms with Crippen molar-refractivity contribution in [1.29, 1.82) is 5.26 Å². The van der Waals surface area contributed by atoms with Crippen LogP contribution in [0.5, 0.6) is 5.75 Å². The molecule has 0 saturated heterocycles. The fraction of sp³-hybridized carbons (Fsp3) is 0.357. The van der Waals surface area contributed by atoms with E-state index < -0.39 is 0 Å². The zero-order valence-electron chi connectivity index (χ0n) is 12.4. The first-order chi connectivity index (χ1) is 10.0. The zero-order chi connectivity index (χ0) is 15.8. The zero-order valence-corrected chi connectivity index (χ0v) is 13.2. The largest absolute Gasteiger partial charge is 0.494 e. The van der Waals surface area contributed by atoms with Gasteiger partial charge in [-0.25, -0.2) is 4.99 Å². The fourth-order valence-electron chi connectivity index (χ4n) is 1.42. The third kappa shape index (κ3) is 5.00. The molecular formula is C14H18N4O2S. The van der Waals surface area contributed by atoms with Crippen LogP contribution in [0.25, 0.3) is 0 Å². The second-order valence-electron chi connectivity index (χ2n) is 4.39. The molecule has 0 fully saturated rings. The Morgan fingerprint density at radius 3 is 2.71 bits per heavy atom. The maximum atomic E-state index is 11.7. The highest BCUT2D eigenvalue weighted by atomic mass is 32.2. The van der Waals surface area contributed by atoms with Crippen molar-refractivity contribution in [2.24, 2.45) is 10.9 Å². The van der Waals surface area contributed by atoms with Crippen molar-refractivity contribution in [3.63, 3.8) is 0 Å². The molecule has 1 aromatic rings. The van der Waals surface area contributed by atoms with Crippen LogP contribution in [0, 0.1) is 17.4 Å². The molecule has 112 valence electrons. The van der Waals surface area contributed by atoms with E-state index >= 15 is 0 Å². The summed E-state index contributed by atoms with van der Waals surface area (Å²) in [5.41, 5.74) is 1.22. The van der Waals surface area contributed by atoms with Crippen LogP contribution in [0.2, 0.25) is 0 Å². The number of thioether (sulfide) groups is 1. The lowest BCUT2D eigenvalue weighted by Gasteiger charge is -2.12. The molecular weight excluding hydrogens is 288 g/mol. The molecule has 1 amide bonds. The number of carbonyl (C=O) groups is 1. The van der Waals surface area contributed by atoms with Gasteiger partial charge in [0.25, 0.3) is 0 Å². The van der Waals surface area contributed by atoms with Gasteiger partial charge in [0.1, 0.15) is 5.75 Å². The number of methoxy groups -OCH3 is 1. The van der Waals surface area contributed by atoms with Crippen LogP contribution < -0.4 is 15.4 Å². The number of hydrogen-bond donors (Lipinski definition) is 2. The Labute approximate surface area is 128 Å².